The van der Waals surface area contributed by atoms with Crippen LogP contribution in [0.4, 0.5) is 17.1 Å². The number of carbonyl (C=O) groups is 1. The van der Waals surface area contributed by atoms with Gasteiger partial charge in [-0.15, -0.1) is 0 Å². The number of rotatable bonds is 5. The molecular formula is C24H24N4O3. The Balaban J connectivity index is 1.31. The minimum absolute atomic E-state index is 0.0521. The largest absolute Gasteiger partial charge is 0.377 e. The molecule has 0 aromatic heterocycles. The summed E-state index contributed by atoms with van der Waals surface area (Å²) in [6, 6.07) is 19.4. The van der Waals surface area contributed by atoms with Crippen molar-refractivity contribution < 1.29 is 9.72 Å². The molecule has 158 valence electrons. The molecule has 1 amide bonds. The lowest BCUT2D eigenvalue weighted by atomic mass is 10.0. The van der Waals surface area contributed by atoms with E-state index in [1.54, 1.807) is 12.1 Å². The quantitative estimate of drug-likeness (QED) is 0.496. The highest BCUT2D eigenvalue weighted by molar-refractivity contribution is 6.07. The molecule has 1 N–H and O–H groups in total. The SMILES string of the molecule is O=C(c1cccc2ccccc12)N1CCN(c2ccc([N+](=O)[O-])c(NC3CC3)c2)CC1. The molecule has 1 heterocycles. The molecule has 1 saturated carbocycles. The summed E-state index contributed by atoms with van der Waals surface area (Å²) in [5.74, 6) is 0.0521. The molecule has 3 aromatic rings. The number of piperazine rings is 1. The van der Waals surface area contributed by atoms with Gasteiger partial charge >= 0.3 is 0 Å². The summed E-state index contributed by atoms with van der Waals surface area (Å²) >= 11 is 0. The van der Waals surface area contributed by atoms with Crippen LogP contribution < -0.4 is 10.2 Å². The van der Waals surface area contributed by atoms with Gasteiger partial charge in [0.05, 0.1) is 4.92 Å². The highest BCUT2D eigenvalue weighted by Crippen LogP contribution is 2.34. The molecule has 31 heavy (non-hydrogen) atoms. The number of benzene rings is 3. The summed E-state index contributed by atoms with van der Waals surface area (Å²) in [6.45, 7) is 2.61. The number of nitro groups is 1. The van der Waals surface area contributed by atoms with Gasteiger partial charge in [0.15, 0.2) is 0 Å². The Morgan fingerprint density at radius 1 is 0.968 bits per heavy atom. The fraction of sp³-hybridized carbons (Fsp3) is 0.292. The van der Waals surface area contributed by atoms with Crippen LogP contribution in [0.15, 0.2) is 60.7 Å². The lowest BCUT2D eigenvalue weighted by Gasteiger charge is -2.36. The van der Waals surface area contributed by atoms with Crippen molar-refractivity contribution >= 4 is 33.7 Å². The third-order valence-electron chi connectivity index (χ3n) is 6.07. The lowest BCUT2D eigenvalue weighted by molar-refractivity contribution is -0.384. The first-order valence-corrected chi connectivity index (χ1v) is 10.7. The number of hydrogen-bond donors (Lipinski definition) is 1. The number of carbonyl (C=O) groups excluding carboxylic acids is 1. The molecule has 0 atom stereocenters. The molecule has 1 aliphatic carbocycles. The molecule has 0 spiro atoms. The maximum Gasteiger partial charge on any atom is 0.292 e. The van der Waals surface area contributed by atoms with E-state index in [1.165, 1.54) is 0 Å². The highest BCUT2D eigenvalue weighted by Gasteiger charge is 2.27. The van der Waals surface area contributed by atoms with Gasteiger partial charge in [-0.2, -0.15) is 0 Å². The van der Waals surface area contributed by atoms with Gasteiger partial charge in [0.1, 0.15) is 5.69 Å². The summed E-state index contributed by atoms with van der Waals surface area (Å²) in [5.41, 5.74) is 2.38. The van der Waals surface area contributed by atoms with Gasteiger partial charge in [-0.05, 0) is 41.8 Å². The second-order valence-electron chi connectivity index (χ2n) is 8.18. The zero-order valence-electron chi connectivity index (χ0n) is 17.2. The van der Waals surface area contributed by atoms with E-state index < -0.39 is 0 Å². The zero-order chi connectivity index (χ0) is 21.4. The van der Waals surface area contributed by atoms with Crippen molar-refractivity contribution in [2.24, 2.45) is 0 Å². The van der Waals surface area contributed by atoms with Crippen LogP contribution >= 0.6 is 0 Å². The predicted octanol–water partition coefficient (Wildman–Crippen LogP) is 4.28. The van der Waals surface area contributed by atoms with Crippen molar-refractivity contribution in [3.8, 4) is 0 Å². The van der Waals surface area contributed by atoms with Crippen molar-refractivity contribution in [2.75, 3.05) is 36.4 Å². The van der Waals surface area contributed by atoms with Crippen LogP contribution in [0.1, 0.15) is 23.2 Å². The average molecular weight is 416 g/mol. The third kappa shape index (κ3) is 3.91. The van der Waals surface area contributed by atoms with Crippen LogP contribution in [0.25, 0.3) is 10.8 Å². The lowest BCUT2D eigenvalue weighted by Crippen LogP contribution is -2.48. The van der Waals surface area contributed by atoms with Gasteiger partial charge in [-0.25, -0.2) is 0 Å². The average Bonchev–Trinajstić information content (AvgIpc) is 3.62. The van der Waals surface area contributed by atoms with Crippen LogP contribution in [0, 0.1) is 10.1 Å². The van der Waals surface area contributed by atoms with Crippen molar-refractivity contribution in [3.05, 3.63) is 76.3 Å². The van der Waals surface area contributed by atoms with Crippen LogP contribution in [0.5, 0.6) is 0 Å². The molecule has 1 aliphatic heterocycles. The standard InChI is InChI=1S/C24H24N4O3/c29-24(21-7-3-5-17-4-1-2-6-20(17)21)27-14-12-26(13-15-27)19-10-11-23(28(30)31)22(16-19)25-18-8-9-18/h1-7,10-11,16,18,25H,8-9,12-15H2. The highest BCUT2D eigenvalue weighted by atomic mass is 16.6. The normalized spacial score (nSPS) is 16.4. The van der Waals surface area contributed by atoms with E-state index in [9.17, 15) is 14.9 Å². The Morgan fingerprint density at radius 3 is 2.45 bits per heavy atom. The Kier molecular flexibility index (Phi) is 4.94. The van der Waals surface area contributed by atoms with E-state index in [0.717, 1.165) is 34.9 Å². The number of hydrogen-bond acceptors (Lipinski definition) is 5. The summed E-state index contributed by atoms with van der Waals surface area (Å²) in [5, 5.41) is 16.7. The van der Waals surface area contributed by atoms with Crippen LogP contribution in [0.2, 0.25) is 0 Å². The minimum atomic E-state index is -0.338. The summed E-state index contributed by atoms with van der Waals surface area (Å²) in [4.78, 5) is 28.3. The van der Waals surface area contributed by atoms with Crippen LogP contribution in [-0.2, 0) is 0 Å². The van der Waals surface area contributed by atoms with Gasteiger partial charge in [-0.1, -0.05) is 36.4 Å². The summed E-state index contributed by atoms with van der Waals surface area (Å²) in [7, 11) is 0. The van der Waals surface area contributed by atoms with Crippen molar-refractivity contribution in [3.63, 3.8) is 0 Å². The molecule has 7 heteroatoms. The van der Waals surface area contributed by atoms with Gasteiger partial charge in [0, 0.05) is 49.5 Å². The number of fused-ring (bicyclic) bond motifs is 1. The molecule has 0 bridgehead atoms. The Labute approximate surface area is 180 Å². The first-order chi connectivity index (χ1) is 15.1. The maximum absolute atomic E-state index is 13.2. The van der Waals surface area contributed by atoms with Crippen molar-refractivity contribution in [1.82, 2.24) is 4.90 Å². The van der Waals surface area contributed by atoms with Crippen molar-refractivity contribution in [1.29, 1.82) is 0 Å². The van der Waals surface area contributed by atoms with Crippen LogP contribution in [0.3, 0.4) is 0 Å². The fourth-order valence-corrected chi connectivity index (χ4v) is 4.19. The number of nitro benzene ring substituents is 1. The van der Waals surface area contributed by atoms with E-state index in [-0.39, 0.29) is 16.5 Å². The molecule has 7 nitrogen and oxygen atoms in total. The van der Waals surface area contributed by atoms with Crippen molar-refractivity contribution in [2.45, 2.75) is 18.9 Å². The van der Waals surface area contributed by atoms with E-state index >= 15 is 0 Å². The Hall–Kier alpha value is -3.61. The van der Waals surface area contributed by atoms with Gasteiger partial charge in [0.2, 0.25) is 0 Å². The zero-order valence-corrected chi connectivity index (χ0v) is 17.2. The smallest absolute Gasteiger partial charge is 0.292 e. The summed E-state index contributed by atoms with van der Waals surface area (Å²) < 4.78 is 0. The maximum atomic E-state index is 13.2. The number of anilines is 2. The molecular weight excluding hydrogens is 392 g/mol. The second-order valence-corrected chi connectivity index (χ2v) is 8.18. The molecule has 0 radical (unpaired) electrons. The van der Waals surface area contributed by atoms with Gasteiger partial charge in [-0.3, -0.25) is 14.9 Å². The number of nitrogens with zero attached hydrogens (tertiary/aromatic N) is 3. The summed E-state index contributed by atoms with van der Waals surface area (Å²) in [6.07, 6.45) is 2.10. The van der Waals surface area contributed by atoms with E-state index in [4.69, 9.17) is 0 Å². The predicted molar refractivity (Wildman–Crippen MR) is 122 cm³/mol. The van der Waals surface area contributed by atoms with Crippen LogP contribution in [-0.4, -0.2) is 48.0 Å². The molecule has 1 saturated heterocycles. The van der Waals surface area contributed by atoms with Gasteiger partial charge < -0.3 is 15.1 Å². The van der Waals surface area contributed by atoms with E-state index in [2.05, 4.69) is 10.2 Å². The third-order valence-corrected chi connectivity index (χ3v) is 6.07. The molecule has 0 unspecified atom stereocenters. The molecule has 5 rings (SSSR count). The monoisotopic (exact) mass is 416 g/mol. The van der Waals surface area contributed by atoms with Gasteiger partial charge in [0.25, 0.3) is 11.6 Å². The molecule has 2 fully saturated rings. The minimum Gasteiger partial charge on any atom is -0.377 e. The van der Waals surface area contributed by atoms with E-state index in [0.29, 0.717) is 37.9 Å². The molecule has 2 aliphatic rings. The Morgan fingerprint density at radius 2 is 1.71 bits per heavy atom. The first kappa shape index (κ1) is 19.4. The number of nitrogens with one attached hydrogen (secondary N) is 1. The topological polar surface area (TPSA) is 78.7 Å². The second kappa shape index (κ2) is 7.91. The number of amides is 1. The Bertz CT molecular complexity index is 1150. The molecule has 3 aromatic carbocycles. The van der Waals surface area contributed by atoms with E-state index in [1.807, 2.05) is 53.4 Å². The fourth-order valence-electron chi connectivity index (χ4n) is 4.19. The first-order valence-electron chi connectivity index (χ1n) is 10.7.